The minimum absolute atomic E-state index is 0.631. The van der Waals surface area contributed by atoms with Crippen molar-refractivity contribution in [3.05, 3.63) is 540 Å². The van der Waals surface area contributed by atoms with Crippen LogP contribution in [0.4, 0.5) is 0 Å². The van der Waals surface area contributed by atoms with Gasteiger partial charge in [0.2, 0.25) is 0 Å². The van der Waals surface area contributed by atoms with E-state index in [0.717, 1.165) is 140 Å². The third-order valence-electron chi connectivity index (χ3n) is 29.0. The van der Waals surface area contributed by atoms with Gasteiger partial charge in [-0.1, -0.05) is 400 Å². The van der Waals surface area contributed by atoms with E-state index in [1.54, 1.807) is 0 Å². The van der Waals surface area contributed by atoms with Crippen molar-refractivity contribution in [3.8, 4) is 136 Å². The second-order valence-electron chi connectivity index (χ2n) is 37.8. The van der Waals surface area contributed by atoms with E-state index in [1.807, 2.05) is 97.1 Å². The monoisotopic (exact) mass is 1920 g/mol. The fourth-order valence-electron chi connectivity index (χ4n) is 22.4. The molecule has 0 aliphatic heterocycles. The minimum atomic E-state index is 0.631. The Morgan fingerprint density at radius 2 is 0.313 bits per heavy atom. The summed E-state index contributed by atoms with van der Waals surface area (Å²) in [5.74, 6) is 3.33. The molecule has 0 radical (unpaired) electrons. The van der Waals surface area contributed by atoms with E-state index in [2.05, 4.69) is 470 Å². The highest BCUT2D eigenvalue weighted by molar-refractivity contribution is 6.29. The summed E-state index contributed by atoms with van der Waals surface area (Å²) in [5.41, 5.74) is 33.3. The summed E-state index contributed by atoms with van der Waals surface area (Å²) in [6.07, 6.45) is 0. The number of rotatable bonds is 15. The van der Waals surface area contributed by atoms with Crippen LogP contribution in [0.3, 0.4) is 0 Å². The standard InChI is InChI=1S/2C46H30N4.C45H29N5/c1-4-15-31(16-5-1)39-30-40(48-46(47-39)32-17-6-2-7-18-32)33-19-14-22-35(29-33)49-42-26-13-11-24-38(42)44-43(49)28-27-37-36-23-10-12-25-41(36)50(45(37)44)34-20-8-3-9-21-34;1-4-15-31(16-5-1)39-30-40(32-17-6-2-7-18-32)48-46(47-39)33-19-14-22-35(29-33)49-42-26-13-11-24-38(42)44-43(49)28-27-37-36-23-10-12-25-41(36)50(45(37)44)34-20-8-3-9-21-34;1-4-15-30(16-5-1)43-46-44(31-17-6-2-7-18-31)48-45(47-43)32-19-14-22-34(29-32)49-39-26-13-11-24-37(39)41-40(49)28-27-36-35-23-10-12-25-38(35)50(42(36)41)33-20-8-3-9-21-33/h2*1-30H;1-29H. The number of hydrogen-bond donors (Lipinski definition) is 0. The first-order valence-electron chi connectivity index (χ1n) is 50.7. The zero-order valence-corrected chi connectivity index (χ0v) is 81.2. The number of nitrogens with zero attached hydrogens (tertiary/aromatic N) is 13. The Hall–Kier alpha value is -20.4. The van der Waals surface area contributed by atoms with Gasteiger partial charge in [-0.05, 0) is 140 Å². The lowest BCUT2D eigenvalue weighted by molar-refractivity contribution is 1.07. The van der Waals surface area contributed by atoms with Crippen LogP contribution in [-0.2, 0) is 0 Å². The quantitative estimate of drug-likeness (QED) is 0.100. The maximum Gasteiger partial charge on any atom is 0.164 e. The molecule has 0 spiro atoms. The van der Waals surface area contributed by atoms with Crippen molar-refractivity contribution >= 4 is 131 Å². The summed E-state index contributed by atoms with van der Waals surface area (Å²) in [6.45, 7) is 0. The Balaban J connectivity index is 0.000000108. The molecule has 0 aliphatic rings. The molecule has 9 heterocycles. The molecule has 0 amide bonds. The smallest absolute Gasteiger partial charge is 0.164 e. The molecule has 0 saturated heterocycles. The second kappa shape index (κ2) is 37.1. The summed E-state index contributed by atoms with van der Waals surface area (Å²) in [6, 6.07) is 190. The van der Waals surface area contributed by atoms with Crippen LogP contribution in [0.5, 0.6) is 0 Å². The summed E-state index contributed by atoms with van der Waals surface area (Å²) in [5, 5.41) is 14.8. The van der Waals surface area contributed by atoms with E-state index < -0.39 is 0 Å². The summed E-state index contributed by atoms with van der Waals surface area (Å²) >= 11 is 0. The molecule has 0 aliphatic carbocycles. The molecule has 30 rings (SSSR count). The molecular formula is C137H89N13. The van der Waals surface area contributed by atoms with Crippen LogP contribution in [0.2, 0.25) is 0 Å². The Morgan fingerprint density at radius 3 is 0.607 bits per heavy atom. The molecule has 150 heavy (non-hydrogen) atoms. The molecule has 0 bridgehead atoms. The molecule has 21 aromatic carbocycles. The van der Waals surface area contributed by atoms with Gasteiger partial charge in [-0.2, -0.15) is 0 Å². The molecule has 702 valence electrons. The third kappa shape index (κ3) is 15.2. The highest BCUT2D eigenvalue weighted by atomic mass is 15.1. The van der Waals surface area contributed by atoms with E-state index >= 15 is 0 Å². The molecule has 0 N–H and O–H groups in total. The van der Waals surface area contributed by atoms with Crippen molar-refractivity contribution in [1.29, 1.82) is 0 Å². The fraction of sp³-hybridized carbons (Fsp3) is 0. The summed E-state index contributed by atoms with van der Waals surface area (Å²) in [4.78, 5) is 35.4. The number of aromatic nitrogens is 13. The topological polar surface area (TPSA) is 120 Å². The van der Waals surface area contributed by atoms with Crippen LogP contribution in [0, 0.1) is 0 Å². The van der Waals surface area contributed by atoms with Gasteiger partial charge in [0.1, 0.15) is 0 Å². The minimum Gasteiger partial charge on any atom is -0.309 e. The van der Waals surface area contributed by atoms with Crippen LogP contribution in [0.25, 0.3) is 267 Å². The van der Waals surface area contributed by atoms with Gasteiger partial charge in [-0.15, -0.1) is 0 Å². The van der Waals surface area contributed by atoms with Crippen molar-refractivity contribution < 1.29 is 0 Å². The second-order valence-corrected chi connectivity index (χ2v) is 37.8. The Kier molecular flexibility index (Phi) is 21.6. The van der Waals surface area contributed by atoms with E-state index in [4.69, 9.17) is 34.9 Å². The molecule has 13 nitrogen and oxygen atoms in total. The van der Waals surface area contributed by atoms with Gasteiger partial charge >= 0.3 is 0 Å². The summed E-state index contributed by atoms with van der Waals surface area (Å²) < 4.78 is 14.4. The van der Waals surface area contributed by atoms with E-state index in [-0.39, 0.29) is 0 Å². The van der Waals surface area contributed by atoms with Crippen LogP contribution >= 0.6 is 0 Å². The van der Waals surface area contributed by atoms with Crippen molar-refractivity contribution in [1.82, 2.24) is 62.3 Å². The molecule has 9 aromatic heterocycles. The third-order valence-corrected chi connectivity index (χ3v) is 29.0. The fourth-order valence-corrected chi connectivity index (χ4v) is 22.4. The number of benzene rings is 21. The van der Waals surface area contributed by atoms with E-state index in [9.17, 15) is 0 Å². The maximum absolute atomic E-state index is 5.13. The molecule has 0 atom stereocenters. The molecule has 0 saturated carbocycles. The van der Waals surface area contributed by atoms with Crippen molar-refractivity contribution in [2.75, 3.05) is 0 Å². The Labute approximate surface area is 863 Å². The first-order valence-corrected chi connectivity index (χ1v) is 50.7. The lowest BCUT2D eigenvalue weighted by atomic mass is 10.1. The lowest BCUT2D eigenvalue weighted by Crippen LogP contribution is -2.01. The highest BCUT2D eigenvalue weighted by Gasteiger charge is 2.28. The van der Waals surface area contributed by atoms with Gasteiger partial charge < -0.3 is 27.4 Å². The van der Waals surface area contributed by atoms with Gasteiger partial charge in [0.15, 0.2) is 29.1 Å². The van der Waals surface area contributed by atoms with Gasteiger partial charge in [0.05, 0.1) is 89.0 Å². The van der Waals surface area contributed by atoms with Gasteiger partial charge in [0.25, 0.3) is 0 Å². The average molecular weight is 1920 g/mol. The number of fused-ring (bicyclic) bond motifs is 21. The predicted octanol–water partition coefficient (Wildman–Crippen LogP) is 34.4. The lowest BCUT2D eigenvalue weighted by Gasteiger charge is -2.12. The average Bonchev–Trinajstić information content (AvgIpc) is 1.55. The van der Waals surface area contributed by atoms with Crippen molar-refractivity contribution in [2.45, 2.75) is 0 Å². The molecular weight excluding hydrogens is 1830 g/mol. The first-order chi connectivity index (χ1) is 74.4. The molecule has 0 fully saturated rings. The molecule has 30 aromatic rings. The molecule has 0 unspecified atom stereocenters. The van der Waals surface area contributed by atoms with Crippen LogP contribution < -0.4 is 0 Å². The first kappa shape index (κ1) is 87.4. The Morgan fingerprint density at radius 1 is 0.113 bits per heavy atom. The maximum atomic E-state index is 5.13. The SMILES string of the molecule is c1ccc(-c2cc(-c3cccc(-n4c5ccccc5c5c4ccc4c6ccccc6n(-c6ccccc6)c45)c3)nc(-c3ccccc3)n2)cc1.c1ccc(-c2cc(-c3ccccc3)nc(-c3cccc(-n4c5ccccc5c5c4ccc4c6ccccc6n(-c6ccccc6)c45)c3)n2)cc1.c1ccc(-c2nc(-c3ccccc3)nc(-c3cccc(-n4c5ccccc5c5c4ccc4c6ccccc6n(-c6ccccc6)c45)c3)n2)cc1. The van der Waals surface area contributed by atoms with Crippen LogP contribution in [-0.4, -0.2) is 62.3 Å². The van der Waals surface area contributed by atoms with E-state index in [0.29, 0.717) is 29.1 Å². The number of hydrogen-bond acceptors (Lipinski definition) is 7. The normalized spacial score (nSPS) is 11.6. The van der Waals surface area contributed by atoms with Gasteiger partial charge in [-0.3, -0.25) is 0 Å². The van der Waals surface area contributed by atoms with Gasteiger partial charge in [-0.25, -0.2) is 34.9 Å². The van der Waals surface area contributed by atoms with Crippen LogP contribution in [0.1, 0.15) is 0 Å². The van der Waals surface area contributed by atoms with Gasteiger partial charge in [0, 0.05) is 149 Å². The highest BCUT2D eigenvalue weighted by Crippen LogP contribution is 2.48. The summed E-state index contributed by atoms with van der Waals surface area (Å²) in [7, 11) is 0. The molecule has 13 heteroatoms. The van der Waals surface area contributed by atoms with E-state index in [1.165, 1.54) is 97.7 Å². The zero-order valence-electron chi connectivity index (χ0n) is 81.2. The largest absolute Gasteiger partial charge is 0.309 e. The van der Waals surface area contributed by atoms with Crippen molar-refractivity contribution in [2.24, 2.45) is 0 Å². The predicted molar refractivity (Wildman–Crippen MR) is 619 cm³/mol. The number of para-hydroxylation sites is 9. The van der Waals surface area contributed by atoms with Crippen LogP contribution in [0.15, 0.2) is 540 Å². The Bertz CT molecular complexity index is 9320. The zero-order chi connectivity index (χ0) is 99.1. The van der Waals surface area contributed by atoms with Crippen molar-refractivity contribution in [3.63, 3.8) is 0 Å².